The molecule has 0 heterocycles. The lowest BCUT2D eigenvalue weighted by molar-refractivity contribution is -0.140. The Kier molecular flexibility index (Phi) is 12.0. The summed E-state index contributed by atoms with van der Waals surface area (Å²) in [6.45, 7) is 5.14. The van der Waals surface area contributed by atoms with Gasteiger partial charge in [0.15, 0.2) is 0 Å². The van der Waals surface area contributed by atoms with Gasteiger partial charge < -0.3 is 10.2 Å². The molecule has 46 heavy (non-hydrogen) atoms. The maximum absolute atomic E-state index is 14.5. The third-order valence-electron chi connectivity index (χ3n) is 7.79. The van der Waals surface area contributed by atoms with Gasteiger partial charge in [0.1, 0.15) is 18.4 Å². The van der Waals surface area contributed by atoms with Crippen LogP contribution in [0, 0.1) is 12.7 Å². The summed E-state index contributed by atoms with van der Waals surface area (Å²) < 4.78 is 43.3. The van der Waals surface area contributed by atoms with Crippen LogP contribution in [0.15, 0.2) is 113 Å². The summed E-state index contributed by atoms with van der Waals surface area (Å²) in [6, 6.07) is 27.3. The quantitative estimate of drug-likeness (QED) is 0.154. The summed E-state index contributed by atoms with van der Waals surface area (Å²) in [5.74, 6) is -1.36. The highest BCUT2D eigenvalue weighted by atomic mass is 32.2. The molecule has 0 unspecified atom stereocenters. The standard InChI is InChI=1S/C36H40FN3O4S2/c1-5-27(3)38-36(42)34(23-28-9-7-6-8-10-28)39(24-29-13-15-30(37)16-14-29)35(41)25-40(31-17-11-26(2)12-18-31)46(43,44)33-21-19-32(45-4)20-22-33/h6-22,27,34H,5,23-25H2,1-4H3,(H,38,42)/t27-,34+/m0/s1. The summed E-state index contributed by atoms with van der Waals surface area (Å²) in [4.78, 5) is 30.7. The summed E-state index contributed by atoms with van der Waals surface area (Å²) >= 11 is 1.49. The predicted octanol–water partition coefficient (Wildman–Crippen LogP) is 6.61. The van der Waals surface area contributed by atoms with Gasteiger partial charge in [-0.3, -0.25) is 13.9 Å². The number of hydrogen-bond donors (Lipinski definition) is 1. The Bertz CT molecular complexity index is 1700. The zero-order chi connectivity index (χ0) is 33.3. The highest BCUT2D eigenvalue weighted by molar-refractivity contribution is 7.98. The second-order valence-electron chi connectivity index (χ2n) is 11.2. The van der Waals surface area contributed by atoms with E-state index in [4.69, 9.17) is 0 Å². The van der Waals surface area contributed by atoms with E-state index in [0.717, 1.165) is 20.3 Å². The Morgan fingerprint density at radius 3 is 2.09 bits per heavy atom. The topological polar surface area (TPSA) is 86.8 Å². The number of sulfonamides is 1. The summed E-state index contributed by atoms with van der Waals surface area (Å²) in [7, 11) is -4.20. The van der Waals surface area contributed by atoms with Gasteiger partial charge >= 0.3 is 0 Å². The second-order valence-corrected chi connectivity index (χ2v) is 13.9. The molecule has 2 amide bonds. The van der Waals surface area contributed by atoms with Crippen molar-refractivity contribution in [2.45, 2.75) is 62.0 Å². The van der Waals surface area contributed by atoms with Gasteiger partial charge in [0.25, 0.3) is 10.0 Å². The van der Waals surface area contributed by atoms with E-state index in [0.29, 0.717) is 17.7 Å². The number of aryl methyl sites for hydroxylation is 1. The van der Waals surface area contributed by atoms with Crippen molar-refractivity contribution in [2.75, 3.05) is 17.1 Å². The first-order valence-electron chi connectivity index (χ1n) is 15.1. The molecule has 0 bridgehead atoms. The highest BCUT2D eigenvalue weighted by Gasteiger charge is 2.35. The molecule has 0 aliphatic carbocycles. The number of rotatable bonds is 14. The molecule has 10 heteroatoms. The minimum Gasteiger partial charge on any atom is -0.352 e. The maximum atomic E-state index is 14.5. The van der Waals surface area contributed by atoms with Crippen molar-refractivity contribution in [3.8, 4) is 0 Å². The summed E-state index contributed by atoms with van der Waals surface area (Å²) in [5, 5.41) is 3.01. The molecule has 4 rings (SSSR count). The van der Waals surface area contributed by atoms with Crippen LogP contribution in [0.25, 0.3) is 0 Å². The Hall–Kier alpha value is -4.15. The number of carbonyl (C=O) groups excluding carboxylic acids is 2. The summed E-state index contributed by atoms with van der Waals surface area (Å²) in [5.41, 5.74) is 2.68. The molecule has 0 aliphatic heterocycles. The van der Waals surface area contributed by atoms with E-state index >= 15 is 0 Å². The van der Waals surface area contributed by atoms with Crippen molar-refractivity contribution in [1.82, 2.24) is 10.2 Å². The fraction of sp³-hybridized carbons (Fsp3) is 0.278. The van der Waals surface area contributed by atoms with Crippen molar-refractivity contribution in [2.24, 2.45) is 0 Å². The van der Waals surface area contributed by atoms with Crippen LogP contribution >= 0.6 is 11.8 Å². The monoisotopic (exact) mass is 661 g/mol. The Balaban J connectivity index is 1.80. The van der Waals surface area contributed by atoms with Crippen molar-refractivity contribution in [1.29, 1.82) is 0 Å². The number of benzene rings is 4. The molecule has 4 aromatic rings. The molecule has 0 saturated heterocycles. The van der Waals surface area contributed by atoms with Gasteiger partial charge in [-0.25, -0.2) is 12.8 Å². The first-order valence-corrected chi connectivity index (χ1v) is 17.8. The minimum atomic E-state index is -4.20. The molecule has 0 spiro atoms. The lowest BCUT2D eigenvalue weighted by Gasteiger charge is -2.34. The zero-order valence-corrected chi connectivity index (χ0v) is 28.2. The first kappa shape index (κ1) is 34.7. The number of amides is 2. The molecule has 0 aromatic heterocycles. The van der Waals surface area contributed by atoms with Crippen molar-refractivity contribution >= 4 is 39.3 Å². The lowest BCUT2D eigenvalue weighted by Crippen LogP contribution is -2.54. The van der Waals surface area contributed by atoms with E-state index in [-0.39, 0.29) is 29.8 Å². The van der Waals surface area contributed by atoms with Crippen LogP contribution in [0.3, 0.4) is 0 Å². The van der Waals surface area contributed by atoms with Gasteiger partial charge in [-0.1, -0.05) is 67.1 Å². The van der Waals surface area contributed by atoms with Crippen LogP contribution in [0.1, 0.15) is 37.0 Å². The van der Waals surface area contributed by atoms with Gasteiger partial charge in [-0.15, -0.1) is 11.8 Å². The smallest absolute Gasteiger partial charge is 0.264 e. The molecule has 0 fully saturated rings. The van der Waals surface area contributed by atoms with Crippen LogP contribution in [0.2, 0.25) is 0 Å². The molecular formula is C36H40FN3O4S2. The van der Waals surface area contributed by atoms with E-state index in [1.165, 1.54) is 40.9 Å². The molecule has 0 aliphatic rings. The third-order valence-corrected chi connectivity index (χ3v) is 10.3. The minimum absolute atomic E-state index is 0.0330. The third kappa shape index (κ3) is 8.98. The average Bonchev–Trinajstić information content (AvgIpc) is 3.06. The fourth-order valence-corrected chi connectivity index (χ4v) is 6.72. The van der Waals surface area contributed by atoms with Crippen LogP contribution in [-0.2, 0) is 32.6 Å². The average molecular weight is 662 g/mol. The van der Waals surface area contributed by atoms with Gasteiger partial charge in [0, 0.05) is 23.9 Å². The molecule has 1 N–H and O–H groups in total. The molecule has 2 atom stereocenters. The van der Waals surface area contributed by atoms with E-state index in [2.05, 4.69) is 5.32 Å². The van der Waals surface area contributed by atoms with Crippen molar-refractivity contribution in [3.63, 3.8) is 0 Å². The first-order chi connectivity index (χ1) is 22.0. The highest BCUT2D eigenvalue weighted by Crippen LogP contribution is 2.27. The molecule has 4 aromatic carbocycles. The Labute approximate surface area is 275 Å². The number of thioether (sulfide) groups is 1. The van der Waals surface area contributed by atoms with Crippen LogP contribution in [0.5, 0.6) is 0 Å². The van der Waals surface area contributed by atoms with Crippen molar-refractivity contribution in [3.05, 3.63) is 126 Å². The number of hydrogen-bond acceptors (Lipinski definition) is 5. The number of nitrogens with zero attached hydrogens (tertiary/aromatic N) is 2. The zero-order valence-electron chi connectivity index (χ0n) is 26.5. The maximum Gasteiger partial charge on any atom is 0.264 e. The Morgan fingerprint density at radius 1 is 0.870 bits per heavy atom. The molecule has 0 radical (unpaired) electrons. The van der Waals surface area contributed by atoms with Gasteiger partial charge in [0.2, 0.25) is 11.8 Å². The number of nitrogens with one attached hydrogen (secondary N) is 1. The van der Waals surface area contributed by atoms with Crippen LogP contribution in [0.4, 0.5) is 10.1 Å². The molecular weight excluding hydrogens is 622 g/mol. The molecule has 242 valence electrons. The fourth-order valence-electron chi connectivity index (χ4n) is 4.90. The van der Waals surface area contributed by atoms with Crippen LogP contribution in [-0.4, -0.2) is 50.0 Å². The number of anilines is 1. The molecule has 7 nitrogen and oxygen atoms in total. The van der Waals surface area contributed by atoms with E-state index in [9.17, 15) is 22.4 Å². The van der Waals surface area contributed by atoms with Crippen LogP contribution < -0.4 is 9.62 Å². The van der Waals surface area contributed by atoms with E-state index in [1.54, 1.807) is 48.5 Å². The normalized spacial score (nSPS) is 12.6. The largest absolute Gasteiger partial charge is 0.352 e. The predicted molar refractivity (Wildman–Crippen MR) is 183 cm³/mol. The SMILES string of the molecule is CC[C@H](C)NC(=O)[C@@H](Cc1ccccc1)N(Cc1ccc(F)cc1)C(=O)CN(c1ccc(C)cc1)S(=O)(=O)c1ccc(SC)cc1. The number of halogens is 1. The second kappa shape index (κ2) is 15.9. The summed E-state index contributed by atoms with van der Waals surface area (Å²) in [6.07, 6.45) is 2.79. The molecule has 0 saturated carbocycles. The van der Waals surface area contributed by atoms with Gasteiger partial charge in [0.05, 0.1) is 10.6 Å². The van der Waals surface area contributed by atoms with E-state index < -0.39 is 34.3 Å². The van der Waals surface area contributed by atoms with Crippen molar-refractivity contribution < 1.29 is 22.4 Å². The van der Waals surface area contributed by atoms with Gasteiger partial charge in [-0.05, 0) is 86.2 Å². The number of carbonyl (C=O) groups is 2. The Morgan fingerprint density at radius 2 is 1.50 bits per heavy atom. The van der Waals surface area contributed by atoms with Gasteiger partial charge in [-0.2, -0.15) is 0 Å². The lowest BCUT2D eigenvalue weighted by atomic mass is 10.0. The van der Waals surface area contributed by atoms with E-state index in [1.807, 2.05) is 57.4 Å².